The molecule has 1 aromatic rings. The molecule has 0 N–H and O–H groups in total. The summed E-state index contributed by atoms with van der Waals surface area (Å²) in [6.07, 6.45) is 0.897. The standard InChI is InChI=1S/C12H19NOSi/c1-5-12(13-14-15(2,3)4)11-9-7-6-8-10-11/h6-10H,5H2,1-4H3/b13-12-. The van der Waals surface area contributed by atoms with Crippen LogP contribution in [0.4, 0.5) is 0 Å². The maximum atomic E-state index is 5.56. The minimum atomic E-state index is -1.56. The van der Waals surface area contributed by atoms with Crippen molar-refractivity contribution in [3.05, 3.63) is 35.9 Å². The molecular weight excluding hydrogens is 202 g/mol. The second-order valence-corrected chi connectivity index (χ2v) is 8.87. The van der Waals surface area contributed by atoms with Gasteiger partial charge in [0.05, 0.1) is 5.71 Å². The predicted octanol–water partition coefficient (Wildman–Crippen LogP) is 3.65. The van der Waals surface area contributed by atoms with Crippen molar-refractivity contribution in [3.8, 4) is 0 Å². The van der Waals surface area contributed by atoms with E-state index in [0.29, 0.717) is 0 Å². The molecule has 0 fully saturated rings. The largest absolute Gasteiger partial charge is 0.455 e. The monoisotopic (exact) mass is 221 g/mol. The third-order valence-corrected chi connectivity index (χ3v) is 2.51. The summed E-state index contributed by atoms with van der Waals surface area (Å²) < 4.78 is 5.56. The molecule has 0 aliphatic carbocycles. The number of nitrogens with zero attached hydrogens (tertiary/aromatic N) is 1. The topological polar surface area (TPSA) is 21.6 Å². The summed E-state index contributed by atoms with van der Waals surface area (Å²) in [5.74, 6) is 0. The molecule has 1 aromatic carbocycles. The molecule has 3 heteroatoms. The molecule has 0 amide bonds. The van der Waals surface area contributed by atoms with Gasteiger partial charge in [0.1, 0.15) is 0 Å². The van der Waals surface area contributed by atoms with Crippen LogP contribution in [0.5, 0.6) is 0 Å². The van der Waals surface area contributed by atoms with Gasteiger partial charge in [-0.2, -0.15) is 0 Å². The number of benzene rings is 1. The van der Waals surface area contributed by atoms with Gasteiger partial charge in [-0.15, -0.1) is 5.16 Å². The van der Waals surface area contributed by atoms with E-state index in [1.54, 1.807) is 0 Å². The van der Waals surface area contributed by atoms with E-state index in [4.69, 9.17) is 4.53 Å². The van der Waals surface area contributed by atoms with Crippen molar-refractivity contribution in [2.24, 2.45) is 5.16 Å². The molecule has 82 valence electrons. The van der Waals surface area contributed by atoms with Gasteiger partial charge in [-0.3, -0.25) is 0 Å². The van der Waals surface area contributed by atoms with Crippen LogP contribution in [0.15, 0.2) is 35.5 Å². The molecule has 0 bridgehead atoms. The van der Waals surface area contributed by atoms with Gasteiger partial charge in [-0.25, -0.2) is 0 Å². The molecule has 0 saturated carbocycles. The fourth-order valence-corrected chi connectivity index (χ4v) is 1.53. The van der Waals surface area contributed by atoms with E-state index in [2.05, 4.69) is 43.9 Å². The van der Waals surface area contributed by atoms with Crippen molar-refractivity contribution in [1.82, 2.24) is 0 Å². The third-order valence-electron chi connectivity index (χ3n) is 1.87. The molecule has 2 nitrogen and oxygen atoms in total. The fraction of sp³-hybridized carbons (Fsp3) is 0.417. The minimum Gasteiger partial charge on any atom is -0.455 e. The molecule has 0 atom stereocenters. The Kier molecular flexibility index (Phi) is 4.09. The summed E-state index contributed by atoms with van der Waals surface area (Å²) in [4.78, 5) is 0. The smallest absolute Gasteiger partial charge is 0.278 e. The van der Waals surface area contributed by atoms with Crippen molar-refractivity contribution >= 4 is 14.0 Å². The zero-order chi connectivity index (χ0) is 11.3. The molecule has 1 rings (SSSR count). The van der Waals surface area contributed by atoms with Crippen molar-refractivity contribution in [1.29, 1.82) is 0 Å². The van der Waals surface area contributed by atoms with Crippen LogP contribution in [0.25, 0.3) is 0 Å². The van der Waals surface area contributed by atoms with Gasteiger partial charge in [0.15, 0.2) is 0 Å². The third kappa shape index (κ3) is 4.30. The van der Waals surface area contributed by atoms with Crippen LogP contribution in [0, 0.1) is 0 Å². The highest BCUT2D eigenvalue weighted by molar-refractivity contribution is 6.69. The molecule has 0 aliphatic heterocycles. The number of oxime groups is 1. The lowest BCUT2D eigenvalue weighted by Gasteiger charge is -2.14. The first-order valence-corrected chi connectivity index (χ1v) is 8.74. The number of hydrogen-bond donors (Lipinski definition) is 0. The minimum absolute atomic E-state index is 0.897. The van der Waals surface area contributed by atoms with Crippen LogP contribution in [-0.4, -0.2) is 14.0 Å². The van der Waals surface area contributed by atoms with Gasteiger partial charge in [0.2, 0.25) is 0 Å². The van der Waals surface area contributed by atoms with E-state index in [1.165, 1.54) is 0 Å². The SMILES string of the molecule is CC/C(=N/O[Si](C)(C)C)c1ccccc1. The highest BCUT2D eigenvalue weighted by atomic mass is 28.4. The Morgan fingerprint density at radius 1 is 1.20 bits per heavy atom. The molecule has 0 unspecified atom stereocenters. The Morgan fingerprint density at radius 2 is 1.80 bits per heavy atom. The maximum absolute atomic E-state index is 5.56. The fourth-order valence-electron chi connectivity index (χ4n) is 1.14. The average Bonchev–Trinajstić information content (AvgIpc) is 2.19. The molecule has 0 heterocycles. The summed E-state index contributed by atoms with van der Waals surface area (Å²) in [6, 6.07) is 10.2. The second-order valence-electron chi connectivity index (χ2n) is 4.46. The van der Waals surface area contributed by atoms with Crippen molar-refractivity contribution in [2.45, 2.75) is 33.0 Å². The van der Waals surface area contributed by atoms with Crippen molar-refractivity contribution < 1.29 is 4.53 Å². The van der Waals surface area contributed by atoms with E-state index < -0.39 is 8.32 Å². The zero-order valence-electron chi connectivity index (χ0n) is 9.95. The lowest BCUT2D eigenvalue weighted by atomic mass is 10.1. The Hall–Kier alpha value is -1.09. The van der Waals surface area contributed by atoms with Crippen LogP contribution in [0.2, 0.25) is 19.6 Å². The second kappa shape index (κ2) is 5.12. The number of rotatable bonds is 4. The van der Waals surface area contributed by atoms with E-state index in [1.807, 2.05) is 18.2 Å². The van der Waals surface area contributed by atoms with Crippen LogP contribution < -0.4 is 0 Å². The lowest BCUT2D eigenvalue weighted by molar-refractivity contribution is 0.334. The molecule has 0 saturated heterocycles. The molecule has 15 heavy (non-hydrogen) atoms. The van der Waals surface area contributed by atoms with E-state index in [-0.39, 0.29) is 0 Å². The molecule has 0 radical (unpaired) electrons. The summed E-state index contributed by atoms with van der Waals surface area (Å²) in [5.41, 5.74) is 2.18. The highest BCUT2D eigenvalue weighted by Crippen LogP contribution is 2.08. The molecule has 0 aliphatic rings. The van der Waals surface area contributed by atoms with E-state index in [0.717, 1.165) is 17.7 Å². The summed E-state index contributed by atoms with van der Waals surface area (Å²) in [5, 5.41) is 4.26. The van der Waals surface area contributed by atoms with Crippen LogP contribution >= 0.6 is 0 Å². The predicted molar refractivity (Wildman–Crippen MR) is 67.7 cm³/mol. The summed E-state index contributed by atoms with van der Waals surface area (Å²) in [7, 11) is -1.56. The molecule has 0 spiro atoms. The Balaban J connectivity index is 2.81. The zero-order valence-corrected chi connectivity index (χ0v) is 10.9. The van der Waals surface area contributed by atoms with E-state index >= 15 is 0 Å². The van der Waals surface area contributed by atoms with Crippen molar-refractivity contribution in [2.75, 3.05) is 0 Å². The molecular formula is C12H19NOSi. The number of hydrogen-bond acceptors (Lipinski definition) is 2. The first kappa shape index (κ1) is 12.0. The van der Waals surface area contributed by atoms with Crippen molar-refractivity contribution in [3.63, 3.8) is 0 Å². The highest BCUT2D eigenvalue weighted by Gasteiger charge is 2.16. The first-order valence-electron chi connectivity index (χ1n) is 5.33. The Morgan fingerprint density at radius 3 is 2.27 bits per heavy atom. The lowest BCUT2D eigenvalue weighted by Crippen LogP contribution is -2.23. The van der Waals surface area contributed by atoms with Gasteiger partial charge in [-0.05, 0) is 31.6 Å². The van der Waals surface area contributed by atoms with Gasteiger partial charge >= 0.3 is 0 Å². The van der Waals surface area contributed by atoms with E-state index in [9.17, 15) is 0 Å². The van der Waals surface area contributed by atoms with Gasteiger partial charge in [0.25, 0.3) is 8.32 Å². The molecule has 0 aromatic heterocycles. The van der Waals surface area contributed by atoms with Crippen LogP contribution in [-0.2, 0) is 4.53 Å². The summed E-state index contributed by atoms with van der Waals surface area (Å²) >= 11 is 0. The first-order chi connectivity index (χ1) is 7.03. The summed E-state index contributed by atoms with van der Waals surface area (Å²) in [6.45, 7) is 8.50. The maximum Gasteiger partial charge on any atom is 0.278 e. The average molecular weight is 221 g/mol. The Bertz CT molecular complexity index is 327. The normalized spacial score (nSPS) is 12.7. The van der Waals surface area contributed by atoms with Gasteiger partial charge in [0, 0.05) is 0 Å². The van der Waals surface area contributed by atoms with Gasteiger partial charge < -0.3 is 4.53 Å². The quantitative estimate of drug-likeness (QED) is 0.432. The van der Waals surface area contributed by atoms with Crippen LogP contribution in [0.1, 0.15) is 18.9 Å². The van der Waals surface area contributed by atoms with Gasteiger partial charge in [-0.1, -0.05) is 37.3 Å². The Labute approximate surface area is 93.1 Å². The van der Waals surface area contributed by atoms with Crippen LogP contribution in [0.3, 0.4) is 0 Å².